The zero-order chi connectivity index (χ0) is 21.7. The van der Waals surface area contributed by atoms with Gasteiger partial charge in [0.1, 0.15) is 16.4 Å². The molecule has 0 amide bonds. The van der Waals surface area contributed by atoms with Crippen LogP contribution in [0.1, 0.15) is 65.2 Å². The summed E-state index contributed by atoms with van der Waals surface area (Å²) in [6.45, 7) is 6.00. The molecule has 0 N–H and O–H groups in total. The molecule has 1 saturated heterocycles. The van der Waals surface area contributed by atoms with Gasteiger partial charge in [-0.15, -0.1) is 0 Å². The van der Waals surface area contributed by atoms with Gasteiger partial charge in [-0.25, -0.2) is 8.42 Å². The van der Waals surface area contributed by atoms with E-state index in [0.29, 0.717) is 30.5 Å². The van der Waals surface area contributed by atoms with E-state index in [2.05, 4.69) is 13.8 Å². The summed E-state index contributed by atoms with van der Waals surface area (Å²) in [5, 5.41) is 0. The molecule has 1 aromatic rings. The van der Waals surface area contributed by atoms with Crippen molar-refractivity contribution >= 4 is 10.0 Å². The molecule has 5 nitrogen and oxygen atoms in total. The number of sulfonamides is 1. The summed E-state index contributed by atoms with van der Waals surface area (Å²) in [5.74, 6) is 4.07. The van der Waals surface area contributed by atoms with Crippen molar-refractivity contribution in [2.45, 2.75) is 70.1 Å². The number of hydrogen-bond donors (Lipinski definition) is 0. The molecule has 1 saturated carbocycles. The molecule has 2 aliphatic rings. The fourth-order valence-electron chi connectivity index (χ4n) is 5.40. The lowest BCUT2D eigenvalue weighted by Crippen LogP contribution is -2.38. The van der Waals surface area contributed by atoms with Crippen molar-refractivity contribution in [3.8, 4) is 11.5 Å². The normalized spacial score (nSPS) is 26.9. The highest BCUT2D eigenvalue weighted by Gasteiger charge is 2.32. The molecule has 3 rings (SSSR count). The largest absolute Gasteiger partial charge is 0.497 e. The highest BCUT2D eigenvalue weighted by molar-refractivity contribution is 7.89. The minimum absolute atomic E-state index is 0.198. The van der Waals surface area contributed by atoms with Crippen LogP contribution in [0.25, 0.3) is 0 Å². The van der Waals surface area contributed by atoms with E-state index in [9.17, 15) is 8.42 Å². The molecule has 2 fully saturated rings. The van der Waals surface area contributed by atoms with Crippen LogP contribution in [0, 0.1) is 23.7 Å². The first kappa shape index (κ1) is 23.4. The van der Waals surface area contributed by atoms with E-state index in [1.807, 2.05) is 0 Å². The third-order valence-electron chi connectivity index (χ3n) is 7.36. The van der Waals surface area contributed by atoms with Gasteiger partial charge in [-0.3, -0.25) is 0 Å². The highest BCUT2D eigenvalue weighted by Crippen LogP contribution is 2.37. The van der Waals surface area contributed by atoms with Crippen molar-refractivity contribution in [2.75, 3.05) is 27.3 Å². The second-order valence-electron chi connectivity index (χ2n) is 9.45. The van der Waals surface area contributed by atoms with Gasteiger partial charge < -0.3 is 9.47 Å². The number of ether oxygens (including phenoxy) is 2. The van der Waals surface area contributed by atoms with Crippen molar-refractivity contribution < 1.29 is 17.9 Å². The van der Waals surface area contributed by atoms with Gasteiger partial charge in [0.25, 0.3) is 0 Å². The molecule has 0 bridgehead atoms. The Morgan fingerprint density at radius 1 is 1.00 bits per heavy atom. The summed E-state index contributed by atoms with van der Waals surface area (Å²) < 4.78 is 38.7. The Morgan fingerprint density at radius 2 is 1.73 bits per heavy atom. The van der Waals surface area contributed by atoms with E-state index in [4.69, 9.17) is 9.47 Å². The van der Waals surface area contributed by atoms with E-state index < -0.39 is 10.0 Å². The summed E-state index contributed by atoms with van der Waals surface area (Å²) in [6.07, 6.45) is 9.92. The minimum Gasteiger partial charge on any atom is -0.497 e. The van der Waals surface area contributed by atoms with Gasteiger partial charge in [0.15, 0.2) is 0 Å². The maximum absolute atomic E-state index is 13.2. The van der Waals surface area contributed by atoms with Gasteiger partial charge in [-0.05, 0) is 61.5 Å². The number of piperidine rings is 1. The molecular weight excluding hydrogens is 398 g/mol. The fourth-order valence-corrected chi connectivity index (χ4v) is 7.04. The number of methoxy groups -OCH3 is 2. The summed E-state index contributed by atoms with van der Waals surface area (Å²) in [6, 6.07) is 4.95. The maximum atomic E-state index is 13.2. The molecule has 0 aromatic heterocycles. The fraction of sp³-hybridized carbons (Fsp3) is 0.750. The molecule has 3 unspecified atom stereocenters. The van der Waals surface area contributed by atoms with Crippen LogP contribution in [0.2, 0.25) is 0 Å². The van der Waals surface area contributed by atoms with Crippen LogP contribution in [0.15, 0.2) is 23.1 Å². The van der Waals surface area contributed by atoms with Gasteiger partial charge in [0, 0.05) is 19.2 Å². The highest BCUT2D eigenvalue weighted by atomic mass is 32.2. The monoisotopic (exact) mass is 437 g/mol. The van der Waals surface area contributed by atoms with Crippen molar-refractivity contribution in [3.05, 3.63) is 18.2 Å². The molecule has 1 aliphatic carbocycles. The van der Waals surface area contributed by atoms with E-state index in [1.165, 1.54) is 45.6 Å². The number of rotatable bonds is 7. The third kappa shape index (κ3) is 5.50. The first-order valence-corrected chi connectivity index (χ1v) is 13.0. The predicted octanol–water partition coefficient (Wildman–Crippen LogP) is 5.35. The van der Waals surface area contributed by atoms with Crippen molar-refractivity contribution in [2.24, 2.45) is 23.7 Å². The van der Waals surface area contributed by atoms with Crippen LogP contribution < -0.4 is 9.47 Å². The Hall–Kier alpha value is -1.27. The molecule has 0 spiro atoms. The molecule has 170 valence electrons. The van der Waals surface area contributed by atoms with Crippen LogP contribution in [0.4, 0.5) is 0 Å². The summed E-state index contributed by atoms with van der Waals surface area (Å²) in [5.41, 5.74) is 0. The van der Waals surface area contributed by atoms with Gasteiger partial charge in [-0.2, -0.15) is 4.31 Å². The standard InChI is InChI=1S/C24H39NO4S/c1-18-6-5-7-21(19(2)16-18)9-8-20-12-14-25(15-13-20)30(26,27)24-17-22(28-3)10-11-23(24)29-4/h10-11,17-21H,5-9,12-16H2,1-4H3. The second kappa shape index (κ2) is 10.4. The summed E-state index contributed by atoms with van der Waals surface area (Å²) >= 11 is 0. The van der Waals surface area contributed by atoms with Gasteiger partial charge in [0.05, 0.1) is 14.2 Å². The third-order valence-corrected chi connectivity index (χ3v) is 9.28. The Kier molecular flexibility index (Phi) is 8.08. The molecule has 1 aliphatic heterocycles. The maximum Gasteiger partial charge on any atom is 0.246 e. The average molecular weight is 438 g/mol. The Morgan fingerprint density at radius 3 is 2.40 bits per heavy atom. The first-order chi connectivity index (χ1) is 14.3. The SMILES string of the molecule is COc1ccc(OC)c(S(=O)(=O)N2CCC(CCC3CCCC(C)CC3C)CC2)c1. The molecule has 3 atom stereocenters. The van der Waals surface area contributed by atoms with E-state index in [0.717, 1.165) is 30.6 Å². The smallest absolute Gasteiger partial charge is 0.246 e. The lowest BCUT2D eigenvalue weighted by atomic mass is 9.81. The Labute approximate surface area is 183 Å². The zero-order valence-corrected chi connectivity index (χ0v) is 19.9. The molecule has 0 radical (unpaired) electrons. The van der Waals surface area contributed by atoms with Crippen LogP contribution >= 0.6 is 0 Å². The van der Waals surface area contributed by atoms with Crippen LogP contribution in [-0.4, -0.2) is 40.0 Å². The minimum atomic E-state index is -3.59. The zero-order valence-electron chi connectivity index (χ0n) is 19.1. The molecule has 6 heteroatoms. The van der Waals surface area contributed by atoms with Crippen molar-refractivity contribution in [1.29, 1.82) is 0 Å². The lowest BCUT2D eigenvalue weighted by Gasteiger charge is -2.32. The predicted molar refractivity (Wildman–Crippen MR) is 121 cm³/mol. The van der Waals surface area contributed by atoms with Gasteiger partial charge in [-0.1, -0.05) is 39.5 Å². The summed E-state index contributed by atoms with van der Waals surface area (Å²) in [4.78, 5) is 0.198. The van der Waals surface area contributed by atoms with Crippen LogP contribution in [0.3, 0.4) is 0 Å². The lowest BCUT2D eigenvalue weighted by molar-refractivity contribution is 0.226. The van der Waals surface area contributed by atoms with Crippen molar-refractivity contribution in [1.82, 2.24) is 4.31 Å². The first-order valence-electron chi connectivity index (χ1n) is 11.6. The van der Waals surface area contributed by atoms with Gasteiger partial charge >= 0.3 is 0 Å². The Balaban J connectivity index is 1.57. The van der Waals surface area contributed by atoms with Crippen molar-refractivity contribution in [3.63, 3.8) is 0 Å². The van der Waals surface area contributed by atoms with Gasteiger partial charge in [0.2, 0.25) is 10.0 Å². The molecule has 30 heavy (non-hydrogen) atoms. The topological polar surface area (TPSA) is 55.8 Å². The number of benzene rings is 1. The average Bonchev–Trinajstić information content (AvgIpc) is 2.91. The quantitative estimate of drug-likeness (QED) is 0.540. The summed E-state index contributed by atoms with van der Waals surface area (Å²) in [7, 11) is -0.544. The van der Waals surface area contributed by atoms with E-state index >= 15 is 0 Å². The number of nitrogens with zero attached hydrogens (tertiary/aromatic N) is 1. The number of hydrogen-bond acceptors (Lipinski definition) is 4. The van der Waals surface area contributed by atoms with E-state index in [1.54, 1.807) is 29.6 Å². The van der Waals surface area contributed by atoms with E-state index in [-0.39, 0.29) is 4.90 Å². The van der Waals surface area contributed by atoms with Crippen LogP contribution in [0.5, 0.6) is 11.5 Å². The molecule has 1 heterocycles. The molecular formula is C24H39NO4S. The molecule has 1 aromatic carbocycles. The Bertz CT molecular complexity index is 786. The van der Waals surface area contributed by atoms with Crippen LogP contribution in [-0.2, 0) is 10.0 Å². The second-order valence-corrected chi connectivity index (χ2v) is 11.4.